The van der Waals surface area contributed by atoms with Crippen LogP contribution in [0.15, 0.2) is 48.9 Å². The van der Waals surface area contributed by atoms with Gasteiger partial charge in [0.25, 0.3) is 5.91 Å². The Morgan fingerprint density at radius 2 is 2.10 bits per heavy atom. The van der Waals surface area contributed by atoms with Crippen LogP contribution in [0.3, 0.4) is 0 Å². The summed E-state index contributed by atoms with van der Waals surface area (Å²) >= 11 is 0. The smallest absolute Gasteiger partial charge is 0.278 e. The molecule has 0 saturated carbocycles. The van der Waals surface area contributed by atoms with Gasteiger partial charge < -0.3 is 20.7 Å². The van der Waals surface area contributed by atoms with Gasteiger partial charge in [0.05, 0.1) is 36.0 Å². The number of anilines is 3. The lowest BCUT2D eigenvalue weighted by molar-refractivity contribution is 0.102. The number of aromatic nitrogens is 3. The molecule has 8 nitrogen and oxygen atoms in total. The van der Waals surface area contributed by atoms with E-state index in [1.807, 2.05) is 42.3 Å². The number of hydrogen-bond donors (Lipinski definition) is 2. The van der Waals surface area contributed by atoms with E-state index >= 15 is 0 Å². The Morgan fingerprint density at radius 1 is 1.28 bits per heavy atom. The van der Waals surface area contributed by atoms with Crippen molar-refractivity contribution in [3.05, 3.63) is 54.6 Å². The molecule has 0 unspecified atom stereocenters. The maximum Gasteiger partial charge on any atom is 0.278 e. The number of pyridine rings is 1. The number of para-hydroxylation sites is 1. The van der Waals surface area contributed by atoms with E-state index in [1.165, 1.54) is 0 Å². The summed E-state index contributed by atoms with van der Waals surface area (Å²) in [5.41, 5.74) is 8.68. The molecule has 3 aromatic rings. The van der Waals surface area contributed by atoms with Gasteiger partial charge in [0.1, 0.15) is 11.9 Å². The Balaban J connectivity index is 1.89. The number of likely N-dealkylation sites (N-methyl/N-ethyl adjacent to an activating group) is 1. The van der Waals surface area contributed by atoms with Crippen molar-refractivity contribution in [3.63, 3.8) is 0 Å². The predicted molar refractivity (Wildman–Crippen MR) is 112 cm³/mol. The SMILES string of the molecule is CC[C@H]1CN(C)c2ccncc2NC(=O)c2nc(cnc2N)-c2ccccc2O1. The van der Waals surface area contributed by atoms with E-state index in [1.54, 1.807) is 18.6 Å². The van der Waals surface area contributed by atoms with Gasteiger partial charge in [-0.15, -0.1) is 0 Å². The summed E-state index contributed by atoms with van der Waals surface area (Å²) < 4.78 is 6.34. The number of fused-ring (bicyclic) bond motifs is 5. The van der Waals surface area contributed by atoms with Gasteiger partial charge in [-0.2, -0.15) is 0 Å². The quantitative estimate of drug-likeness (QED) is 0.658. The summed E-state index contributed by atoms with van der Waals surface area (Å²) in [4.78, 5) is 27.8. The third-order valence-electron chi connectivity index (χ3n) is 4.86. The molecule has 1 aliphatic heterocycles. The fourth-order valence-corrected chi connectivity index (χ4v) is 3.31. The first-order valence-electron chi connectivity index (χ1n) is 9.42. The molecule has 1 aliphatic rings. The van der Waals surface area contributed by atoms with Gasteiger partial charge in [-0.25, -0.2) is 9.97 Å². The zero-order chi connectivity index (χ0) is 20.4. The molecule has 148 valence electrons. The zero-order valence-electron chi connectivity index (χ0n) is 16.3. The topological polar surface area (TPSA) is 106 Å². The molecule has 0 aliphatic carbocycles. The number of nitrogens with two attached hydrogens (primary N) is 1. The lowest BCUT2D eigenvalue weighted by Gasteiger charge is -2.27. The molecule has 1 atom stereocenters. The number of carbonyl (C=O) groups is 1. The van der Waals surface area contributed by atoms with Gasteiger partial charge in [0.15, 0.2) is 11.5 Å². The first-order chi connectivity index (χ1) is 14.1. The fraction of sp³-hybridized carbons (Fsp3) is 0.238. The van der Waals surface area contributed by atoms with Crippen LogP contribution in [-0.2, 0) is 0 Å². The Morgan fingerprint density at radius 3 is 2.93 bits per heavy atom. The van der Waals surface area contributed by atoms with Crippen LogP contribution in [0.4, 0.5) is 17.2 Å². The number of rotatable bonds is 1. The minimum atomic E-state index is -0.441. The van der Waals surface area contributed by atoms with E-state index in [-0.39, 0.29) is 17.6 Å². The third kappa shape index (κ3) is 3.69. The average Bonchev–Trinajstić information content (AvgIpc) is 2.74. The van der Waals surface area contributed by atoms with Crippen molar-refractivity contribution >= 4 is 23.1 Å². The Bertz CT molecular complexity index is 1050. The van der Waals surface area contributed by atoms with Crippen LogP contribution in [0.2, 0.25) is 0 Å². The largest absolute Gasteiger partial charge is 0.488 e. The first kappa shape index (κ1) is 18.7. The molecule has 3 N–H and O–H groups in total. The van der Waals surface area contributed by atoms with Gasteiger partial charge in [-0.05, 0) is 24.6 Å². The van der Waals surface area contributed by atoms with Crippen LogP contribution in [0.25, 0.3) is 11.3 Å². The van der Waals surface area contributed by atoms with Crippen LogP contribution in [0, 0.1) is 0 Å². The number of amides is 1. The Hall–Kier alpha value is -3.68. The summed E-state index contributed by atoms with van der Waals surface area (Å²) in [6, 6.07) is 9.44. The molecule has 0 spiro atoms. The van der Waals surface area contributed by atoms with Crippen LogP contribution in [-0.4, -0.2) is 40.6 Å². The minimum absolute atomic E-state index is 0.0565. The zero-order valence-corrected chi connectivity index (χ0v) is 16.3. The van der Waals surface area contributed by atoms with E-state index < -0.39 is 5.91 Å². The number of hydrogen-bond acceptors (Lipinski definition) is 7. The summed E-state index contributed by atoms with van der Waals surface area (Å²) in [6.45, 7) is 2.71. The molecule has 0 radical (unpaired) electrons. The van der Waals surface area contributed by atoms with Crippen molar-refractivity contribution in [2.24, 2.45) is 0 Å². The molecule has 2 aromatic heterocycles. The number of benzene rings is 1. The van der Waals surface area contributed by atoms with Crippen molar-refractivity contribution in [1.82, 2.24) is 15.0 Å². The van der Waals surface area contributed by atoms with Crippen molar-refractivity contribution in [2.75, 3.05) is 29.5 Å². The highest BCUT2D eigenvalue weighted by Crippen LogP contribution is 2.32. The van der Waals surface area contributed by atoms with Crippen LogP contribution in [0.5, 0.6) is 5.75 Å². The lowest BCUT2D eigenvalue weighted by Crippen LogP contribution is -2.33. The highest BCUT2D eigenvalue weighted by atomic mass is 16.5. The Labute approximate surface area is 168 Å². The minimum Gasteiger partial charge on any atom is -0.488 e. The van der Waals surface area contributed by atoms with E-state index in [2.05, 4.69) is 27.2 Å². The lowest BCUT2D eigenvalue weighted by atomic mass is 10.1. The maximum atomic E-state index is 12.9. The fourth-order valence-electron chi connectivity index (χ4n) is 3.31. The summed E-state index contributed by atoms with van der Waals surface area (Å²) in [5.74, 6) is 0.307. The van der Waals surface area contributed by atoms with Gasteiger partial charge in [0.2, 0.25) is 0 Å². The van der Waals surface area contributed by atoms with E-state index in [0.29, 0.717) is 23.7 Å². The Kier molecular flexibility index (Phi) is 4.99. The summed E-state index contributed by atoms with van der Waals surface area (Å²) in [7, 11) is 1.96. The summed E-state index contributed by atoms with van der Waals surface area (Å²) in [5, 5.41) is 2.87. The monoisotopic (exact) mass is 390 g/mol. The molecule has 29 heavy (non-hydrogen) atoms. The van der Waals surface area contributed by atoms with Gasteiger partial charge in [0, 0.05) is 18.8 Å². The molecule has 0 fully saturated rings. The van der Waals surface area contributed by atoms with E-state index in [4.69, 9.17) is 10.5 Å². The second-order valence-electron chi connectivity index (χ2n) is 6.86. The highest BCUT2D eigenvalue weighted by molar-refractivity contribution is 6.07. The highest BCUT2D eigenvalue weighted by Gasteiger charge is 2.22. The van der Waals surface area contributed by atoms with Gasteiger partial charge in [-0.1, -0.05) is 19.1 Å². The average molecular weight is 390 g/mol. The maximum absolute atomic E-state index is 12.9. The first-order valence-corrected chi connectivity index (χ1v) is 9.42. The second-order valence-corrected chi connectivity index (χ2v) is 6.86. The molecule has 2 bridgehead atoms. The van der Waals surface area contributed by atoms with Crippen LogP contribution >= 0.6 is 0 Å². The molecule has 3 heterocycles. The number of ether oxygens (including phenoxy) is 1. The normalized spacial score (nSPS) is 16.3. The number of carbonyl (C=O) groups excluding carboxylic acids is 1. The van der Waals surface area contributed by atoms with Crippen molar-refractivity contribution in [1.29, 1.82) is 0 Å². The van der Waals surface area contributed by atoms with Crippen LogP contribution in [0.1, 0.15) is 23.8 Å². The molecular formula is C21H22N6O2. The molecule has 1 aromatic carbocycles. The van der Waals surface area contributed by atoms with Gasteiger partial charge >= 0.3 is 0 Å². The van der Waals surface area contributed by atoms with Crippen molar-refractivity contribution in [3.8, 4) is 17.0 Å². The number of nitrogens with one attached hydrogen (secondary N) is 1. The van der Waals surface area contributed by atoms with E-state index in [9.17, 15) is 4.79 Å². The summed E-state index contributed by atoms with van der Waals surface area (Å²) in [6.07, 6.45) is 5.58. The predicted octanol–water partition coefficient (Wildman–Crippen LogP) is 2.98. The third-order valence-corrected chi connectivity index (χ3v) is 4.86. The molecule has 0 saturated heterocycles. The van der Waals surface area contributed by atoms with Gasteiger partial charge in [-0.3, -0.25) is 9.78 Å². The number of nitrogens with zero attached hydrogens (tertiary/aromatic N) is 4. The molecular weight excluding hydrogens is 368 g/mol. The van der Waals surface area contributed by atoms with Crippen LogP contribution < -0.4 is 20.7 Å². The molecule has 1 amide bonds. The van der Waals surface area contributed by atoms with Crippen molar-refractivity contribution < 1.29 is 9.53 Å². The molecule has 4 rings (SSSR count). The van der Waals surface area contributed by atoms with E-state index in [0.717, 1.165) is 17.7 Å². The van der Waals surface area contributed by atoms with Crippen molar-refractivity contribution in [2.45, 2.75) is 19.4 Å². The second kappa shape index (κ2) is 7.75. The molecule has 8 heteroatoms. The number of nitrogen functional groups attached to an aromatic ring is 1. The standard InChI is InChI=1S/C21H22N6O2/c1-3-13-12-27(2)17-8-9-23-10-16(17)26-21(28)19-20(22)24-11-15(25-19)14-6-4-5-7-18(14)29-13/h4-11,13H,3,12H2,1-2H3,(H2,22,24)(H,26,28)/t13-/m0/s1.